The Morgan fingerprint density at radius 3 is 2.82 bits per heavy atom. The lowest BCUT2D eigenvalue weighted by atomic mass is 9.91. The summed E-state index contributed by atoms with van der Waals surface area (Å²) in [5.74, 6) is 0.821. The maximum atomic E-state index is 5.75. The molecule has 3 rings (SSSR count). The third-order valence-corrected chi connectivity index (χ3v) is 3.27. The van der Waals surface area contributed by atoms with E-state index in [1.165, 1.54) is 16.7 Å². The quantitative estimate of drug-likeness (QED) is 0.722. The van der Waals surface area contributed by atoms with E-state index in [1.54, 1.807) is 0 Å². The van der Waals surface area contributed by atoms with Gasteiger partial charge in [-0.25, -0.2) is 4.99 Å². The Morgan fingerprint density at radius 2 is 2.06 bits per heavy atom. The van der Waals surface area contributed by atoms with Gasteiger partial charge in [-0.1, -0.05) is 30.3 Å². The molecule has 1 heterocycles. The molecule has 2 heteroatoms. The lowest BCUT2D eigenvalue weighted by Gasteiger charge is -2.16. The van der Waals surface area contributed by atoms with Crippen molar-refractivity contribution < 1.29 is 4.74 Å². The van der Waals surface area contributed by atoms with Crippen molar-refractivity contribution in [2.75, 3.05) is 6.61 Å². The molecular weight excluding hydrogens is 210 g/mol. The normalized spacial score (nSPS) is 21.3. The van der Waals surface area contributed by atoms with Gasteiger partial charge in [0.15, 0.2) is 0 Å². The maximum Gasteiger partial charge on any atom is 0.217 e. The number of nitrogens with zero attached hydrogens (tertiary/aromatic N) is 1. The standard InChI is InChI=1S/C15H17NO/c1-15(2)10-17-14(16-15)13-9-5-7-11-6-3-4-8-12(11)13/h3-4,6,8-9H,5,7,10H2,1-2H3. The zero-order valence-electron chi connectivity index (χ0n) is 10.4. The van der Waals surface area contributed by atoms with Gasteiger partial charge >= 0.3 is 0 Å². The second-order valence-corrected chi connectivity index (χ2v) is 5.33. The zero-order valence-corrected chi connectivity index (χ0v) is 10.4. The van der Waals surface area contributed by atoms with Crippen LogP contribution in [0.5, 0.6) is 0 Å². The van der Waals surface area contributed by atoms with E-state index in [-0.39, 0.29) is 5.54 Å². The molecule has 0 amide bonds. The molecule has 2 aliphatic rings. The van der Waals surface area contributed by atoms with Crippen LogP contribution in [0.1, 0.15) is 31.4 Å². The van der Waals surface area contributed by atoms with E-state index in [4.69, 9.17) is 4.74 Å². The first-order valence-electron chi connectivity index (χ1n) is 6.17. The number of rotatable bonds is 1. The number of hydrogen-bond acceptors (Lipinski definition) is 2. The van der Waals surface area contributed by atoms with Crippen LogP contribution in [0.3, 0.4) is 0 Å². The van der Waals surface area contributed by atoms with Gasteiger partial charge in [0.2, 0.25) is 5.90 Å². The molecule has 0 fully saturated rings. The average Bonchev–Trinajstić information content (AvgIpc) is 2.69. The van der Waals surface area contributed by atoms with Gasteiger partial charge in [-0.15, -0.1) is 0 Å². The summed E-state index contributed by atoms with van der Waals surface area (Å²) >= 11 is 0. The zero-order chi connectivity index (χ0) is 11.9. The molecule has 1 aliphatic heterocycles. The van der Waals surface area contributed by atoms with Gasteiger partial charge in [-0.3, -0.25) is 0 Å². The van der Waals surface area contributed by atoms with Crippen LogP contribution in [0, 0.1) is 0 Å². The third-order valence-electron chi connectivity index (χ3n) is 3.27. The Kier molecular flexibility index (Phi) is 2.32. The first-order valence-corrected chi connectivity index (χ1v) is 6.17. The second-order valence-electron chi connectivity index (χ2n) is 5.33. The molecule has 17 heavy (non-hydrogen) atoms. The highest BCUT2D eigenvalue weighted by Gasteiger charge is 2.29. The summed E-state index contributed by atoms with van der Waals surface area (Å²) in [5, 5.41) is 0. The smallest absolute Gasteiger partial charge is 0.217 e. The van der Waals surface area contributed by atoms with Gasteiger partial charge in [0.25, 0.3) is 0 Å². The number of ether oxygens (including phenoxy) is 1. The lowest BCUT2D eigenvalue weighted by Crippen LogP contribution is -2.17. The molecular formula is C15H17NO. The van der Waals surface area contributed by atoms with E-state index in [9.17, 15) is 0 Å². The van der Waals surface area contributed by atoms with Crippen LogP contribution in [-0.2, 0) is 11.2 Å². The van der Waals surface area contributed by atoms with Crippen LogP contribution >= 0.6 is 0 Å². The summed E-state index contributed by atoms with van der Waals surface area (Å²) in [6.45, 7) is 4.90. The summed E-state index contributed by atoms with van der Waals surface area (Å²) in [7, 11) is 0. The fourth-order valence-electron chi connectivity index (χ4n) is 2.41. The molecule has 0 saturated carbocycles. The Hall–Kier alpha value is -1.57. The summed E-state index contributed by atoms with van der Waals surface area (Å²) in [5.41, 5.74) is 3.79. The van der Waals surface area contributed by atoms with E-state index in [0.29, 0.717) is 6.61 Å². The van der Waals surface area contributed by atoms with Gasteiger partial charge in [0, 0.05) is 5.57 Å². The van der Waals surface area contributed by atoms with E-state index >= 15 is 0 Å². The number of benzene rings is 1. The van der Waals surface area contributed by atoms with Crippen LogP contribution < -0.4 is 0 Å². The molecule has 88 valence electrons. The van der Waals surface area contributed by atoms with Crippen molar-refractivity contribution in [3.63, 3.8) is 0 Å². The molecule has 0 aromatic heterocycles. The minimum absolute atomic E-state index is 0.0808. The van der Waals surface area contributed by atoms with E-state index in [2.05, 4.69) is 49.2 Å². The first-order chi connectivity index (χ1) is 8.16. The van der Waals surface area contributed by atoms with Crippen molar-refractivity contribution >= 4 is 11.5 Å². The molecule has 1 aliphatic carbocycles. The Balaban J connectivity index is 2.03. The minimum Gasteiger partial charge on any atom is -0.475 e. The molecule has 1 aromatic rings. The third kappa shape index (κ3) is 1.88. The summed E-state index contributed by atoms with van der Waals surface area (Å²) < 4.78 is 5.75. The Labute approximate surface area is 102 Å². The van der Waals surface area contributed by atoms with E-state index < -0.39 is 0 Å². The highest BCUT2D eigenvalue weighted by atomic mass is 16.5. The lowest BCUT2D eigenvalue weighted by molar-refractivity contribution is 0.281. The largest absolute Gasteiger partial charge is 0.475 e. The summed E-state index contributed by atoms with van der Waals surface area (Å²) in [6.07, 6.45) is 4.45. The van der Waals surface area contributed by atoms with Gasteiger partial charge in [0.1, 0.15) is 6.61 Å². The van der Waals surface area contributed by atoms with Crippen LogP contribution in [0.4, 0.5) is 0 Å². The molecule has 0 saturated heterocycles. The predicted molar refractivity (Wildman–Crippen MR) is 70.2 cm³/mol. The molecule has 0 radical (unpaired) electrons. The summed E-state index contributed by atoms with van der Waals surface area (Å²) in [4.78, 5) is 4.67. The van der Waals surface area contributed by atoms with Gasteiger partial charge < -0.3 is 4.74 Å². The second kappa shape index (κ2) is 3.73. The van der Waals surface area contributed by atoms with Crippen molar-refractivity contribution in [1.29, 1.82) is 0 Å². The topological polar surface area (TPSA) is 21.6 Å². The number of fused-ring (bicyclic) bond motifs is 1. The van der Waals surface area contributed by atoms with Gasteiger partial charge in [-0.2, -0.15) is 0 Å². The highest BCUT2D eigenvalue weighted by Crippen LogP contribution is 2.31. The number of aryl methyl sites for hydroxylation is 1. The molecule has 0 N–H and O–H groups in total. The van der Waals surface area contributed by atoms with Gasteiger partial charge in [0.05, 0.1) is 5.54 Å². The minimum atomic E-state index is -0.0808. The van der Waals surface area contributed by atoms with Crippen molar-refractivity contribution in [3.05, 3.63) is 41.5 Å². The maximum absolute atomic E-state index is 5.75. The van der Waals surface area contributed by atoms with Crippen LogP contribution in [0.2, 0.25) is 0 Å². The first kappa shape index (κ1) is 10.6. The van der Waals surface area contributed by atoms with Crippen molar-refractivity contribution in [1.82, 2.24) is 0 Å². The number of aliphatic imine (C=N–C) groups is 1. The highest BCUT2D eigenvalue weighted by molar-refractivity contribution is 6.21. The molecule has 0 unspecified atom stereocenters. The molecule has 0 atom stereocenters. The van der Waals surface area contributed by atoms with Crippen molar-refractivity contribution in [3.8, 4) is 0 Å². The fourth-order valence-corrected chi connectivity index (χ4v) is 2.41. The van der Waals surface area contributed by atoms with E-state index in [1.807, 2.05) is 0 Å². The molecule has 0 bridgehead atoms. The van der Waals surface area contributed by atoms with Crippen molar-refractivity contribution in [2.24, 2.45) is 4.99 Å². The van der Waals surface area contributed by atoms with E-state index in [0.717, 1.165) is 18.7 Å². The molecule has 1 aromatic carbocycles. The summed E-state index contributed by atoms with van der Waals surface area (Å²) in [6, 6.07) is 8.54. The van der Waals surface area contributed by atoms with Gasteiger partial charge in [-0.05, 0) is 37.8 Å². The van der Waals surface area contributed by atoms with Crippen LogP contribution in [0.15, 0.2) is 35.3 Å². The van der Waals surface area contributed by atoms with Crippen molar-refractivity contribution in [2.45, 2.75) is 32.2 Å². The number of hydrogen-bond donors (Lipinski definition) is 0. The Morgan fingerprint density at radius 1 is 1.24 bits per heavy atom. The molecule has 0 spiro atoms. The Bertz CT molecular complexity index is 511. The number of allylic oxidation sites excluding steroid dienone is 1. The monoisotopic (exact) mass is 227 g/mol. The predicted octanol–water partition coefficient (Wildman–Crippen LogP) is 3.22. The fraction of sp³-hybridized carbons (Fsp3) is 0.400. The average molecular weight is 227 g/mol. The SMILES string of the molecule is CC1(C)COC(C2=CCCc3ccccc32)=N1. The molecule has 2 nitrogen and oxygen atoms in total. The van der Waals surface area contributed by atoms with Crippen LogP contribution in [-0.4, -0.2) is 18.0 Å². The van der Waals surface area contributed by atoms with Crippen LogP contribution in [0.25, 0.3) is 5.57 Å².